The molecule has 7 heteroatoms. The van der Waals surface area contributed by atoms with Crippen LogP contribution in [-0.2, 0) is 0 Å². The Morgan fingerprint density at radius 2 is 2.24 bits per heavy atom. The summed E-state index contributed by atoms with van der Waals surface area (Å²) in [6, 6.07) is 1.34. The molecule has 2 rings (SSSR count). The van der Waals surface area contributed by atoms with Crippen LogP contribution in [0, 0.1) is 5.92 Å². The number of hydrogen-bond acceptors (Lipinski definition) is 4. The van der Waals surface area contributed by atoms with E-state index in [1.165, 1.54) is 6.07 Å². The molecule has 2 N–H and O–H groups in total. The quantitative estimate of drug-likeness (QED) is 0.868. The van der Waals surface area contributed by atoms with Gasteiger partial charge in [0.15, 0.2) is 10.3 Å². The number of nitrogens with one attached hydrogen (secondary N) is 1. The van der Waals surface area contributed by atoms with E-state index in [0.29, 0.717) is 5.92 Å². The molecule has 1 heterocycles. The van der Waals surface area contributed by atoms with Gasteiger partial charge in [-0.2, -0.15) is 0 Å². The standard InChI is InChI=1S/C10H11Cl2N3O2/c11-8-3-6(9(12)15-14-8)10(17)13-4-7(16)5-1-2-5/h3,5,7,16H,1-2,4H2,(H,13,17). The number of carbonyl (C=O) groups is 1. The maximum absolute atomic E-state index is 11.7. The zero-order valence-corrected chi connectivity index (χ0v) is 10.4. The minimum Gasteiger partial charge on any atom is -0.391 e. The van der Waals surface area contributed by atoms with Crippen molar-refractivity contribution in [2.24, 2.45) is 5.92 Å². The van der Waals surface area contributed by atoms with Crippen molar-refractivity contribution in [2.45, 2.75) is 18.9 Å². The molecular weight excluding hydrogens is 265 g/mol. The fourth-order valence-corrected chi connectivity index (χ4v) is 1.78. The van der Waals surface area contributed by atoms with E-state index in [9.17, 15) is 9.90 Å². The van der Waals surface area contributed by atoms with Crippen LogP contribution in [0.4, 0.5) is 0 Å². The van der Waals surface area contributed by atoms with Crippen molar-refractivity contribution in [3.63, 3.8) is 0 Å². The first-order valence-corrected chi connectivity index (χ1v) is 5.98. The molecule has 1 unspecified atom stereocenters. The highest BCUT2D eigenvalue weighted by Crippen LogP contribution is 2.32. The van der Waals surface area contributed by atoms with Gasteiger partial charge in [-0.3, -0.25) is 4.79 Å². The molecule has 1 saturated carbocycles. The van der Waals surface area contributed by atoms with Gasteiger partial charge in [0.1, 0.15) is 0 Å². The lowest BCUT2D eigenvalue weighted by Crippen LogP contribution is -2.33. The molecular formula is C10H11Cl2N3O2. The molecule has 0 bridgehead atoms. The number of nitrogens with zero attached hydrogens (tertiary/aromatic N) is 2. The van der Waals surface area contributed by atoms with Gasteiger partial charge in [-0.15, -0.1) is 10.2 Å². The van der Waals surface area contributed by atoms with Crippen LogP contribution < -0.4 is 5.32 Å². The number of aromatic nitrogens is 2. The molecule has 1 amide bonds. The predicted molar refractivity (Wildman–Crippen MR) is 63.1 cm³/mol. The van der Waals surface area contributed by atoms with Gasteiger partial charge < -0.3 is 10.4 Å². The average Bonchev–Trinajstić information content (AvgIpc) is 3.12. The lowest BCUT2D eigenvalue weighted by molar-refractivity contribution is 0.0900. The van der Waals surface area contributed by atoms with Crippen LogP contribution in [0.15, 0.2) is 6.07 Å². The summed E-state index contributed by atoms with van der Waals surface area (Å²) in [5.41, 5.74) is 0.162. The summed E-state index contributed by atoms with van der Waals surface area (Å²) in [6.45, 7) is 0.208. The van der Waals surface area contributed by atoms with Crippen molar-refractivity contribution in [3.05, 3.63) is 21.9 Å². The van der Waals surface area contributed by atoms with Crippen molar-refractivity contribution >= 4 is 29.1 Å². The zero-order chi connectivity index (χ0) is 12.4. The molecule has 0 aliphatic heterocycles. The first kappa shape index (κ1) is 12.5. The molecule has 17 heavy (non-hydrogen) atoms. The van der Waals surface area contributed by atoms with Crippen molar-refractivity contribution in [1.82, 2.24) is 15.5 Å². The van der Waals surface area contributed by atoms with E-state index >= 15 is 0 Å². The van der Waals surface area contributed by atoms with Gasteiger partial charge in [0.25, 0.3) is 5.91 Å². The second-order valence-corrected chi connectivity index (χ2v) is 4.73. The zero-order valence-electron chi connectivity index (χ0n) is 8.86. The second-order valence-electron chi connectivity index (χ2n) is 3.99. The Hall–Kier alpha value is -0.910. The first-order valence-electron chi connectivity index (χ1n) is 5.23. The van der Waals surface area contributed by atoms with Crippen LogP contribution >= 0.6 is 23.2 Å². The minimum absolute atomic E-state index is 0.00666. The van der Waals surface area contributed by atoms with Crippen molar-refractivity contribution in [2.75, 3.05) is 6.54 Å². The van der Waals surface area contributed by atoms with Gasteiger partial charge in [0.05, 0.1) is 11.7 Å². The van der Waals surface area contributed by atoms with Crippen LogP contribution in [0.1, 0.15) is 23.2 Å². The summed E-state index contributed by atoms with van der Waals surface area (Å²) in [7, 11) is 0. The molecule has 1 aliphatic carbocycles. The number of carbonyl (C=O) groups excluding carboxylic acids is 1. The summed E-state index contributed by atoms with van der Waals surface area (Å²) in [4.78, 5) is 11.7. The molecule has 92 valence electrons. The van der Waals surface area contributed by atoms with E-state index in [-0.39, 0.29) is 22.4 Å². The summed E-state index contributed by atoms with van der Waals surface area (Å²) in [5.74, 6) is -0.101. The molecule has 5 nitrogen and oxygen atoms in total. The van der Waals surface area contributed by atoms with Crippen LogP contribution in [0.25, 0.3) is 0 Å². The van der Waals surface area contributed by atoms with Crippen molar-refractivity contribution in [3.8, 4) is 0 Å². The first-order chi connectivity index (χ1) is 8.08. The van der Waals surface area contributed by atoms with Crippen molar-refractivity contribution in [1.29, 1.82) is 0 Å². The van der Waals surface area contributed by atoms with E-state index in [4.69, 9.17) is 23.2 Å². The largest absolute Gasteiger partial charge is 0.391 e. The van der Waals surface area contributed by atoms with Gasteiger partial charge in [-0.25, -0.2) is 0 Å². The Bertz CT molecular complexity index is 438. The summed E-state index contributed by atoms with van der Waals surface area (Å²) in [5, 5.41) is 19.3. The molecule has 0 radical (unpaired) electrons. The lowest BCUT2D eigenvalue weighted by Gasteiger charge is -2.10. The summed E-state index contributed by atoms with van der Waals surface area (Å²) < 4.78 is 0. The molecule has 1 aromatic heterocycles. The predicted octanol–water partition coefficient (Wildman–Crippen LogP) is 1.28. The Labute approximate surface area is 108 Å². The van der Waals surface area contributed by atoms with E-state index < -0.39 is 12.0 Å². The highest BCUT2D eigenvalue weighted by atomic mass is 35.5. The number of hydrogen-bond donors (Lipinski definition) is 2. The summed E-state index contributed by atoms with van der Waals surface area (Å²) in [6.07, 6.45) is 1.53. The Balaban J connectivity index is 1.96. The van der Waals surface area contributed by atoms with Crippen LogP contribution in [-0.4, -0.2) is 33.9 Å². The molecule has 1 aromatic rings. The number of halogens is 2. The van der Waals surface area contributed by atoms with E-state index in [1.807, 2.05) is 0 Å². The Morgan fingerprint density at radius 3 is 2.88 bits per heavy atom. The van der Waals surface area contributed by atoms with Crippen LogP contribution in [0.2, 0.25) is 10.3 Å². The normalized spacial score (nSPS) is 16.6. The van der Waals surface area contributed by atoms with Crippen molar-refractivity contribution < 1.29 is 9.90 Å². The van der Waals surface area contributed by atoms with Gasteiger partial charge in [0, 0.05) is 6.54 Å². The van der Waals surface area contributed by atoms with Crippen LogP contribution in [0.3, 0.4) is 0 Å². The molecule has 1 aliphatic rings. The molecule has 0 saturated heterocycles. The number of aliphatic hydroxyl groups is 1. The SMILES string of the molecule is O=C(NCC(O)C1CC1)c1cc(Cl)nnc1Cl. The maximum atomic E-state index is 11.7. The molecule has 0 aromatic carbocycles. The topological polar surface area (TPSA) is 75.1 Å². The number of amides is 1. The molecule has 1 fully saturated rings. The average molecular weight is 276 g/mol. The third-order valence-corrected chi connectivity index (χ3v) is 3.07. The fourth-order valence-electron chi connectivity index (χ4n) is 1.45. The lowest BCUT2D eigenvalue weighted by atomic mass is 10.2. The smallest absolute Gasteiger partial charge is 0.254 e. The highest BCUT2D eigenvalue weighted by molar-refractivity contribution is 6.34. The van der Waals surface area contributed by atoms with E-state index in [0.717, 1.165) is 12.8 Å². The number of rotatable bonds is 4. The van der Waals surface area contributed by atoms with Gasteiger partial charge in [-0.05, 0) is 24.8 Å². The summed E-state index contributed by atoms with van der Waals surface area (Å²) >= 11 is 11.3. The van der Waals surface area contributed by atoms with E-state index in [1.54, 1.807) is 0 Å². The van der Waals surface area contributed by atoms with Gasteiger partial charge in [-0.1, -0.05) is 23.2 Å². The van der Waals surface area contributed by atoms with Gasteiger partial charge in [0.2, 0.25) is 0 Å². The third-order valence-electron chi connectivity index (χ3n) is 2.60. The van der Waals surface area contributed by atoms with Gasteiger partial charge >= 0.3 is 0 Å². The monoisotopic (exact) mass is 275 g/mol. The maximum Gasteiger partial charge on any atom is 0.254 e. The fraction of sp³-hybridized carbons (Fsp3) is 0.500. The highest BCUT2D eigenvalue weighted by Gasteiger charge is 2.29. The van der Waals surface area contributed by atoms with Crippen LogP contribution in [0.5, 0.6) is 0 Å². The Kier molecular flexibility index (Phi) is 3.81. The Morgan fingerprint density at radius 1 is 1.53 bits per heavy atom. The minimum atomic E-state index is -0.497. The second kappa shape index (κ2) is 5.16. The third kappa shape index (κ3) is 3.28. The molecule has 0 spiro atoms. The molecule has 1 atom stereocenters. The van der Waals surface area contributed by atoms with E-state index in [2.05, 4.69) is 15.5 Å². The number of aliphatic hydroxyl groups excluding tert-OH is 1.